The number of nitrogens with zero attached hydrogens (tertiary/aromatic N) is 1. The fourth-order valence-corrected chi connectivity index (χ4v) is 2.16. The number of ether oxygens (including phenoxy) is 1. The molecule has 0 spiro atoms. The molecule has 1 aromatic heterocycles. The first-order valence-corrected chi connectivity index (χ1v) is 6.79. The lowest BCUT2D eigenvalue weighted by molar-refractivity contribution is 0.253. The zero-order valence-electron chi connectivity index (χ0n) is 10.4. The van der Waals surface area contributed by atoms with Crippen molar-refractivity contribution in [2.24, 2.45) is 0 Å². The van der Waals surface area contributed by atoms with Crippen molar-refractivity contribution >= 4 is 26.8 Å². The Hall–Kier alpha value is -2.14. The number of para-hydroxylation sites is 1. The monoisotopic (exact) mass is 331 g/mol. The molecule has 20 heavy (non-hydrogen) atoms. The van der Waals surface area contributed by atoms with Gasteiger partial charge in [0.05, 0.1) is 10.9 Å². The maximum absolute atomic E-state index is 11.8. The van der Waals surface area contributed by atoms with Crippen LogP contribution in [0.1, 0.15) is 5.89 Å². The summed E-state index contributed by atoms with van der Waals surface area (Å²) in [6.45, 7) is 0.113. The number of hydrogen-bond donors (Lipinski definition) is 0. The van der Waals surface area contributed by atoms with E-state index >= 15 is 0 Å². The highest BCUT2D eigenvalue weighted by molar-refractivity contribution is 9.10. The van der Waals surface area contributed by atoms with Crippen molar-refractivity contribution in [2.45, 2.75) is 6.61 Å². The SMILES string of the molecule is O=c1oc(COc2ccccc2)nc2cc(Br)ccc12. The van der Waals surface area contributed by atoms with Crippen LogP contribution in [-0.4, -0.2) is 4.98 Å². The van der Waals surface area contributed by atoms with Crippen molar-refractivity contribution in [3.05, 3.63) is 69.3 Å². The molecule has 0 aliphatic rings. The van der Waals surface area contributed by atoms with Gasteiger partial charge in [0.15, 0.2) is 6.61 Å². The van der Waals surface area contributed by atoms with Crippen LogP contribution in [0.3, 0.4) is 0 Å². The second-order valence-corrected chi connectivity index (χ2v) is 5.07. The van der Waals surface area contributed by atoms with Gasteiger partial charge < -0.3 is 9.15 Å². The molecule has 0 saturated heterocycles. The largest absolute Gasteiger partial charge is 0.484 e. The molecule has 0 unspecified atom stereocenters. The van der Waals surface area contributed by atoms with E-state index in [9.17, 15) is 4.79 Å². The summed E-state index contributed by atoms with van der Waals surface area (Å²) in [6, 6.07) is 14.5. The van der Waals surface area contributed by atoms with Gasteiger partial charge in [0, 0.05) is 4.47 Å². The van der Waals surface area contributed by atoms with Crippen molar-refractivity contribution in [2.75, 3.05) is 0 Å². The van der Waals surface area contributed by atoms with Gasteiger partial charge in [0.25, 0.3) is 0 Å². The fraction of sp³-hybridized carbons (Fsp3) is 0.0667. The quantitative estimate of drug-likeness (QED) is 0.736. The Morgan fingerprint density at radius 2 is 1.95 bits per heavy atom. The number of fused-ring (bicyclic) bond motifs is 1. The molecule has 0 bridgehead atoms. The standard InChI is InChI=1S/C15H10BrNO3/c16-10-6-7-12-13(8-10)17-14(20-15(12)18)9-19-11-4-2-1-3-5-11/h1-8H,9H2. The molecule has 0 atom stereocenters. The number of hydrogen-bond acceptors (Lipinski definition) is 4. The van der Waals surface area contributed by atoms with Gasteiger partial charge in [0.1, 0.15) is 5.75 Å². The average molecular weight is 332 g/mol. The lowest BCUT2D eigenvalue weighted by Crippen LogP contribution is -2.07. The van der Waals surface area contributed by atoms with E-state index in [4.69, 9.17) is 9.15 Å². The van der Waals surface area contributed by atoms with Crippen LogP contribution in [0.5, 0.6) is 5.75 Å². The van der Waals surface area contributed by atoms with Crippen LogP contribution in [0.4, 0.5) is 0 Å². The maximum Gasteiger partial charge on any atom is 0.346 e. The summed E-state index contributed by atoms with van der Waals surface area (Å²) in [5.41, 5.74) is 0.177. The van der Waals surface area contributed by atoms with Gasteiger partial charge in [-0.2, -0.15) is 0 Å². The third kappa shape index (κ3) is 2.72. The minimum absolute atomic E-state index is 0.113. The third-order valence-electron chi connectivity index (χ3n) is 2.74. The molecular weight excluding hydrogens is 322 g/mol. The zero-order valence-corrected chi connectivity index (χ0v) is 12.0. The van der Waals surface area contributed by atoms with Crippen LogP contribution in [-0.2, 0) is 6.61 Å². The molecular formula is C15H10BrNO3. The van der Waals surface area contributed by atoms with Crippen molar-refractivity contribution in [1.29, 1.82) is 0 Å². The van der Waals surface area contributed by atoms with Gasteiger partial charge in [-0.1, -0.05) is 34.1 Å². The normalized spacial score (nSPS) is 10.7. The van der Waals surface area contributed by atoms with Gasteiger partial charge >= 0.3 is 5.63 Å². The molecule has 2 aromatic carbocycles. The highest BCUT2D eigenvalue weighted by atomic mass is 79.9. The molecule has 100 valence electrons. The topological polar surface area (TPSA) is 52.3 Å². The minimum Gasteiger partial charge on any atom is -0.484 e. The lowest BCUT2D eigenvalue weighted by Gasteiger charge is -2.05. The Kier molecular flexibility index (Phi) is 3.52. The van der Waals surface area contributed by atoms with E-state index < -0.39 is 5.63 Å². The molecule has 0 aliphatic heterocycles. The van der Waals surface area contributed by atoms with Crippen LogP contribution in [0, 0.1) is 0 Å². The first-order valence-electron chi connectivity index (χ1n) is 5.99. The number of rotatable bonds is 3. The molecule has 0 radical (unpaired) electrons. The number of benzene rings is 2. The second kappa shape index (κ2) is 5.46. The maximum atomic E-state index is 11.8. The van der Waals surface area contributed by atoms with Crippen LogP contribution < -0.4 is 10.4 Å². The Morgan fingerprint density at radius 3 is 2.75 bits per heavy atom. The smallest absolute Gasteiger partial charge is 0.346 e. The Balaban J connectivity index is 1.90. The van der Waals surface area contributed by atoms with Crippen molar-refractivity contribution in [1.82, 2.24) is 4.98 Å². The first-order chi connectivity index (χ1) is 9.72. The van der Waals surface area contributed by atoms with Crippen LogP contribution in [0.2, 0.25) is 0 Å². The summed E-state index contributed by atoms with van der Waals surface area (Å²) in [6.07, 6.45) is 0. The van der Waals surface area contributed by atoms with E-state index in [0.29, 0.717) is 16.7 Å². The predicted octanol–water partition coefficient (Wildman–Crippen LogP) is 3.53. The number of halogens is 1. The summed E-state index contributed by atoms with van der Waals surface area (Å²) in [4.78, 5) is 16.1. The van der Waals surface area contributed by atoms with Crippen molar-refractivity contribution in [3.8, 4) is 5.75 Å². The van der Waals surface area contributed by atoms with Gasteiger partial charge in [-0.15, -0.1) is 0 Å². The minimum atomic E-state index is -0.408. The Morgan fingerprint density at radius 1 is 1.15 bits per heavy atom. The van der Waals surface area contributed by atoms with Crippen molar-refractivity contribution in [3.63, 3.8) is 0 Å². The van der Waals surface area contributed by atoms with Gasteiger partial charge in [0.2, 0.25) is 5.89 Å². The molecule has 0 fully saturated rings. The summed E-state index contributed by atoms with van der Waals surface area (Å²) < 4.78 is 11.5. The molecule has 0 aliphatic carbocycles. The molecule has 0 N–H and O–H groups in total. The molecule has 0 saturated carbocycles. The number of aromatic nitrogens is 1. The summed E-state index contributed by atoms with van der Waals surface area (Å²) in [7, 11) is 0. The molecule has 5 heteroatoms. The van der Waals surface area contributed by atoms with Crippen LogP contribution in [0.15, 0.2) is 62.2 Å². The highest BCUT2D eigenvalue weighted by Gasteiger charge is 2.07. The second-order valence-electron chi connectivity index (χ2n) is 4.16. The predicted molar refractivity (Wildman–Crippen MR) is 78.8 cm³/mol. The van der Waals surface area contributed by atoms with Crippen molar-refractivity contribution < 1.29 is 9.15 Å². The van der Waals surface area contributed by atoms with E-state index in [1.807, 2.05) is 30.3 Å². The lowest BCUT2D eigenvalue weighted by atomic mass is 10.2. The van der Waals surface area contributed by atoms with Gasteiger partial charge in [-0.3, -0.25) is 0 Å². The Bertz CT molecular complexity index is 799. The van der Waals surface area contributed by atoms with Gasteiger partial charge in [-0.25, -0.2) is 9.78 Å². The molecule has 4 nitrogen and oxygen atoms in total. The summed E-state index contributed by atoms with van der Waals surface area (Å²) in [5, 5.41) is 0.455. The average Bonchev–Trinajstić information content (AvgIpc) is 2.46. The summed E-state index contributed by atoms with van der Waals surface area (Å²) >= 11 is 3.35. The van der Waals surface area contributed by atoms with E-state index in [1.54, 1.807) is 18.2 Å². The molecule has 3 aromatic rings. The Labute approximate surface area is 123 Å². The molecule has 0 amide bonds. The van der Waals surface area contributed by atoms with E-state index in [-0.39, 0.29) is 12.5 Å². The summed E-state index contributed by atoms with van der Waals surface area (Å²) in [5.74, 6) is 0.954. The third-order valence-corrected chi connectivity index (χ3v) is 3.23. The van der Waals surface area contributed by atoms with Crippen LogP contribution in [0.25, 0.3) is 10.9 Å². The van der Waals surface area contributed by atoms with E-state index in [1.165, 1.54) is 0 Å². The van der Waals surface area contributed by atoms with E-state index in [2.05, 4.69) is 20.9 Å². The molecule has 1 heterocycles. The van der Waals surface area contributed by atoms with Gasteiger partial charge in [-0.05, 0) is 30.3 Å². The fourth-order valence-electron chi connectivity index (χ4n) is 1.81. The van der Waals surface area contributed by atoms with Crippen LogP contribution >= 0.6 is 15.9 Å². The zero-order chi connectivity index (χ0) is 13.9. The first kappa shape index (κ1) is 12.9. The van der Waals surface area contributed by atoms with E-state index in [0.717, 1.165) is 4.47 Å². The molecule has 3 rings (SSSR count). The highest BCUT2D eigenvalue weighted by Crippen LogP contribution is 2.16.